The fourth-order valence-electron chi connectivity index (χ4n) is 1.27. The number of rotatable bonds is 2. The molecule has 3 N–H and O–H groups in total. The molecule has 82 valence electrons. The number of hydrogen-bond donors (Lipinski definition) is 2. The van der Waals surface area contributed by atoms with Crippen LogP contribution in [-0.2, 0) is 0 Å². The Morgan fingerprint density at radius 1 is 1.44 bits per heavy atom. The maximum absolute atomic E-state index is 5.56. The van der Waals surface area contributed by atoms with Crippen LogP contribution in [0.15, 0.2) is 18.5 Å². The number of methoxy groups -OCH3 is 1. The van der Waals surface area contributed by atoms with Gasteiger partial charge in [0.05, 0.1) is 18.9 Å². The fourth-order valence-corrected chi connectivity index (χ4v) is 1.46. The first-order chi connectivity index (χ1) is 7.70. The predicted octanol–water partition coefficient (Wildman–Crippen LogP) is 1.19. The average molecular weight is 235 g/mol. The van der Waals surface area contributed by atoms with E-state index >= 15 is 0 Å². The molecule has 16 heavy (non-hydrogen) atoms. The molecular formula is C9H9N5OS. The van der Waals surface area contributed by atoms with Crippen molar-refractivity contribution in [3.63, 3.8) is 0 Å². The Bertz CT molecular complexity index is 568. The second kappa shape index (κ2) is 4.23. The van der Waals surface area contributed by atoms with E-state index in [1.807, 2.05) is 0 Å². The standard InChI is InChI=1S/C9H9N5OS/c1-15-6-4-11-3-2-5(6)7-12-8(10)14-9(16)13-7/h2-4H,1H3,(H3,10,12,13,14,16). The van der Waals surface area contributed by atoms with Crippen molar-refractivity contribution in [2.45, 2.75) is 0 Å². The molecule has 0 amide bonds. The molecular weight excluding hydrogens is 226 g/mol. The number of ether oxygens (including phenoxy) is 1. The van der Waals surface area contributed by atoms with Crippen LogP contribution < -0.4 is 10.5 Å². The van der Waals surface area contributed by atoms with E-state index in [0.717, 1.165) is 5.56 Å². The first-order valence-corrected chi connectivity index (χ1v) is 4.83. The van der Waals surface area contributed by atoms with Gasteiger partial charge in [0.25, 0.3) is 0 Å². The molecule has 0 radical (unpaired) electrons. The number of nitrogens with one attached hydrogen (secondary N) is 1. The average Bonchev–Trinajstić information content (AvgIpc) is 2.27. The van der Waals surface area contributed by atoms with Gasteiger partial charge in [-0.2, -0.15) is 4.98 Å². The topological polar surface area (TPSA) is 89.7 Å². The third kappa shape index (κ3) is 1.98. The maximum Gasteiger partial charge on any atom is 0.224 e. The van der Waals surface area contributed by atoms with Crippen LogP contribution in [0.5, 0.6) is 5.75 Å². The molecule has 0 bridgehead atoms. The Kier molecular flexibility index (Phi) is 2.78. The number of aromatic nitrogens is 4. The van der Waals surface area contributed by atoms with E-state index in [1.165, 1.54) is 0 Å². The molecule has 0 spiro atoms. The first-order valence-electron chi connectivity index (χ1n) is 4.43. The van der Waals surface area contributed by atoms with Gasteiger partial charge < -0.3 is 15.5 Å². The number of nitrogens with zero attached hydrogens (tertiary/aromatic N) is 3. The predicted molar refractivity (Wildman–Crippen MR) is 61.4 cm³/mol. The van der Waals surface area contributed by atoms with Gasteiger partial charge in [0, 0.05) is 6.20 Å². The molecule has 0 unspecified atom stereocenters. The van der Waals surface area contributed by atoms with E-state index in [9.17, 15) is 0 Å². The highest BCUT2D eigenvalue weighted by Gasteiger charge is 2.08. The maximum atomic E-state index is 5.56. The molecule has 2 aromatic rings. The minimum atomic E-state index is 0.185. The molecule has 0 aliphatic carbocycles. The normalized spacial score (nSPS) is 10.1. The molecule has 0 aliphatic heterocycles. The Morgan fingerprint density at radius 3 is 2.94 bits per heavy atom. The summed E-state index contributed by atoms with van der Waals surface area (Å²) >= 11 is 4.89. The van der Waals surface area contributed by atoms with Crippen LogP contribution in [0.3, 0.4) is 0 Å². The zero-order chi connectivity index (χ0) is 11.5. The summed E-state index contributed by atoms with van der Waals surface area (Å²) in [5, 5.41) is 0. The van der Waals surface area contributed by atoms with Crippen molar-refractivity contribution >= 4 is 18.2 Å². The quantitative estimate of drug-likeness (QED) is 0.760. The van der Waals surface area contributed by atoms with Crippen LogP contribution >= 0.6 is 12.2 Å². The zero-order valence-corrected chi connectivity index (χ0v) is 9.28. The minimum Gasteiger partial charge on any atom is -0.494 e. The summed E-state index contributed by atoms with van der Waals surface area (Å²) < 4.78 is 5.35. The van der Waals surface area contributed by atoms with Gasteiger partial charge in [-0.25, -0.2) is 4.98 Å². The number of nitrogens with two attached hydrogens (primary N) is 1. The van der Waals surface area contributed by atoms with Crippen LogP contribution in [0.1, 0.15) is 0 Å². The van der Waals surface area contributed by atoms with Crippen molar-refractivity contribution in [3.05, 3.63) is 23.2 Å². The molecule has 6 nitrogen and oxygen atoms in total. The molecule has 7 heteroatoms. The number of H-pyrrole nitrogens is 1. The molecule has 2 heterocycles. The Labute approximate surface area is 96.5 Å². The van der Waals surface area contributed by atoms with E-state index in [-0.39, 0.29) is 10.7 Å². The lowest BCUT2D eigenvalue weighted by atomic mass is 10.2. The van der Waals surface area contributed by atoms with Crippen molar-refractivity contribution in [1.82, 2.24) is 19.9 Å². The second-order valence-corrected chi connectivity index (χ2v) is 3.31. The lowest BCUT2D eigenvalue weighted by Gasteiger charge is -2.06. The molecule has 0 atom stereocenters. The summed E-state index contributed by atoms with van der Waals surface area (Å²) in [6.45, 7) is 0. The molecule has 2 aromatic heterocycles. The van der Waals surface area contributed by atoms with Gasteiger partial charge in [0.2, 0.25) is 10.7 Å². The van der Waals surface area contributed by atoms with Crippen molar-refractivity contribution in [2.75, 3.05) is 12.8 Å². The van der Waals surface area contributed by atoms with Gasteiger partial charge in [-0.05, 0) is 18.3 Å². The summed E-state index contributed by atoms with van der Waals surface area (Å²) in [5.74, 6) is 1.32. The summed E-state index contributed by atoms with van der Waals surface area (Å²) in [6.07, 6.45) is 3.22. The lowest BCUT2D eigenvalue weighted by molar-refractivity contribution is 0.414. The summed E-state index contributed by atoms with van der Waals surface area (Å²) in [4.78, 5) is 14.6. The highest BCUT2D eigenvalue weighted by Crippen LogP contribution is 2.25. The van der Waals surface area contributed by atoms with E-state index in [1.54, 1.807) is 25.6 Å². The van der Waals surface area contributed by atoms with Gasteiger partial charge in [0.15, 0.2) is 0 Å². The lowest BCUT2D eigenvalue weighted by Crippen LogP contribution is -2.01. The van der Waals surface area contributed by atoms with E-state index < -0.39 is 0 Å². The van der Waals surface area contributed by atoms with Crippen LogP contribution in [0.2, 0.25) is 0 Å². The Hall–Kier alpha value is -2.02. The van der Waals surface area contributed by atoms with E-state index in [2.05, 4.69) is 19.9 Å². The third-order valence-corrected chi connectivity index (χ3v) is 2.11. The second-order valence-electron chi connectivity index (χ2n) is 2.94. The van der Waals surface area contributed by atoms with Crippen LogP contribution in [0.4, 0.5) is 5.95 Å². The summed E-state index contributed by atoms with van der Waals surface area (Å²) in [5.41, 5.74) is 6.29. The number of anilines is 1. The first kappa shape index (κ1) is 10.5. The minimum absolute atomic E-state index is 0.185. The van der Waals surface area contributed by atoms with Crippen molar-refractivity contribution in [3.8, 4) is 17.1 Å². The zero-order valence-electron chi connectivity index (χ0n) is 8.47. The molecule has 2 rings (SSSR count). The van der Waals surface area contributed by atoms with Gasteiger partial charge in [-0.1, -0.05) is 0 Å². The number of aromatic amines is 1. The number of nitrogen functional groups attached to an aromatic ring is 1. The van der Waals surface area contributed by atoms with Crippen molar-refractivity contribution < 1.29 is 4.74 Å². The highest BCUT2D eigenvalue weighted by atomic mass is 32.1. The van der Waals surface area contributed by atoms with E-state index in [0.29, 0.717) is 11.6 Å². The Morgan fingerprint density at radius 2 is 2.25 bits per heavy atom. The van der Waals surface area contributed by atoms with E-state index in [4.69, 9.17) is 22.7 Å². The monoisotopic (exact) mass is 235 g/mol. The van der Waals surface area contributed by atoms with Crippen molar-refractivity contribution in [2.24, 2.45) is 0 Å². The van der Waals surface area contributed by atoms with Crippen LogP contribution in [-0.4, -0.2) is 27.0 Å². The molecule has 0 saturated heterocycles. The van der Waals surface area contributed by atoms with Crippen LogP contribution in [0, 0.1) is 4.77 Å². The number of pyridine rings is 1. The molecule has 0 aromatic carbocycles. The highest BCUT2D eigenvalue weighted by molar-refractivity contribution is 7.71. The van der Waals surface area contributed by atoms with Gasteiger partial charge in [-0.3, -0.25) is 4.98 Å². The summed E-state index contributed by atoms with van der Waals surface area (Å²) in [7, 11) is 1.56. The molecule has 0 aliphatic rings. The Balaban J connectivity index is 2.62. The van der Waals surface area contributed by atoms with Gasteiger partial charge in [0.1, 0.15) is 11.6 Å². The van der Waals surface area contributed by atoms with Gasteiger partial charge in [-0.15, -0.1) is 0 Å². The van der Waals surface area contributed by atoms with Crippen LogP contribution in [0.25, 0.3) is 11.4 Å². The largest absolute Gasteiger partial charge is 0.494 e. The number of hydrogen-bond acceptors (Lipinski definition) is 6. The van der Waals surface area contributed by atoms with Crippen molar-refractivity contribution in [1.29, 1.82) is 0 Å². The molecule has 0 fully saturated rings. The third-order valence-electron chi connectivity index (χ3n) is 1.93. The molecule has 0 saturated carbocycles. The van der Waals surface area contributed by atoms with Gasteiger partial charge >= 0.3 is 0 Å². The summed E-state index contributed by atoms with van der Waals surface area (Å²) in [6, 6.07) is 1.76. The smallest absolute Gasteiger partial charge is 0.224 e. The fraction of sp³-hybridized carbons (Fsp3) is 0.111. The SMILES string of the molecule is COc1cnccc1-c1nc(=S)nc(N)[nH]1.